The Morgan fingerprint density at radius 1 is 0.933 bits per heavy atom. The minimum atomic E-state index is 0.487. The van der Waals surface area contributed by atoms with Crippen molar-refractivity contribution in [1.29, 1.82) is 0 Å². The average molecular weight is 216 g/mol. The molecule has 0 radical (unpaired) electrons. The molecule has 1 aromatic carbocycles. The first-order valence-corrected chi connectivity index (χ1v) is 6.44. The van der Waals surface area contributed by atoms with Gasteiger partial charge in [-0.05, 0) is 37.8 Å². The Balaban J connectivity index is 2.25. The van der Waals surface area contributed by atoms with Gasteiger partial charge in [0, 0.05) is 10.8 Å². The van der Waals surface area contributed by atoms with E-state index in [0.717, 1.165) is 0 Å². The summed E-state index contributed by atoms with van der Waals surface area (Å²) in [5.74, 6) is 0.487. The summed E-state index contributed by atoms with van der Waals surface area (Å²) in [5.41, 5.74) is 4.21. The first-order chi connectivity index (χ1) is 7.20. The van der Waals surface area contributed by atoms with Gasteiger partial charge in [-0.25, -0.2) is 0 Å². The molecule has 0 aromatic heterocycles. The van der Waals surface area contributed by atoms with Crippen LogP contribution in [0.5, 0.6) is 0 Å². The van der Waals surface area contributed by atoms with Gasteiger partial charge in [0.1, 0.15) is 0 Å². The summed E-state index contributed by atoms with van der Waals surface area (Å²) < 4.78 is 0. The molecule has 0 bridgehead atoms. The van der Waals surface area contributed by atoms with E-state index in [1.165, 1.54) is 21.6 Å². The van der Waals surface area contributed by atoms with E-state index < -0.39 is 0 Å². The van der Waals surface area contributed by atoms with Crippen molar-refractivity contribution in [3.05, 3.63) is 53.1 Å². The van der Waals surface area contributed by atoms with Crippen molar-refractivity contribution in [2.24, 2.45) is 0 Å². The molecule has 0 heterocycles. The molecule has 0 saturated heterocycles. The number of hydrogen-bond donors (Lipinski definition) is 0. The third-order valence-corrected chi connectivity index (χ3v) is 3.73. The van der Waals surface area contributed by atoms with Crippen LogP contribution in [0.15, 0.2) is 52.5 Å². The lowest BCUT2D eigenvalue weighted by Gasteiger charge is -2.06. The highest BCUT2D eigenvalue weighted by Crippen LogP contribution is 2.31. The summed E-state index contributed by atoms with van der Waals surface area (Å²) in [6.07, 6.45) is 6.78. The van der Waals surface area contributed by atoms with Crippen molar-refractivity contribution in [3.63, 3.8) is 0 Å². The van der Waals surface area contributed by atoms with E-state index in [4.69, 9.17) is 0 Å². The third kappa shape index (κ3) is 2.18. The van der Waals surface area contributed by atoms with Crippen LogP contribution in [0.4, 0.5) is 0 Å². The quantitative estimate of drug-likeness (QED) is 0.660. The van der Waals surface area contributed by atoms with E-state index in [1.807, 2.05) is 0 Å². The van der Waals surface area contributed by atoms with Gasteiger partial charge in [-0.2, -0.15) is 0 Å². The van der Waals surface area contributed by atoms with Crippen molar-refractivity contribution >= 4 is 11.8 Å². The fraction of sp³-hybridized carbons (Fsp3) is 0.286. The van der Waals surface area contributed by atoms with Gasteiger partial charge in [0.15, 0.2) is 0 Å². The number of thioether (sulfide) groups is 1. The van der Waals surface area contributed by atoms with E-state index in [-0.39, 0.29) is 0 Å². The molecule has 0 N–H and O–H groups in total. The number of hydrogen-bond acceptors (Lipinski definition) is 1. The van der Waals surface area contributed by atoms with Gasteiger partial charge in [0.2, 0.25) is 0 Å². The topological polar surface area (TPSA) is 0 Å². The lowest BCUT2D eigenvalue weighted by atomic mass is 10.0. The summed E-state index contributed by atoms with van der Waals surface area (Å²) in [6, 6.07) is 8.86. The SMILES string of the molecule is CSc1ccc(C2C=C(C)C(C)=C2)cc1. The second kappa shape index (κ2) is 4.28. The number of allylic oxidation sites excluding steroid dienone is 4. The van der Waals surface area contributed by atoms with Crippen molar-refractivity contribution in [1.82, 2.24) is 0 Å². The Labute approximate surface area is 96.1 Å². The molecule has 0 aliphatic heterocycles. The third-order valence-electron chi connectivity index (χ3n) is 2.98. The van der Waals surface area contributed by atoms with Crippen LogP contribution in [0.2, 0.25) is 0 Å². The standard InChI is InChI=1S/C14H16S/c1-10-8-13(9-11(10)2)12-4-6-14(15-3)7-5-12/h4-9,13H,1-3H3. The molecular formula is C14H16S. The Hall–Kier alpha value is -0.950. The molecule has 1 heteroatoms. The van der Waals surface area contributed by atoms with Gasteiger partial charge in [-0.15, -0.1) is 11.8 Å². The second-order valence-corrected chi connectivity index (χ2v) is 4.88. The van der Waals surface area contributed by atoms with Crippen LogP contribution in [-0.2, 0) is 0 Å². The predicted molar refractivity (Wildman–Crippen MR) is 68.5 cm³/mol. The molecule has 0 spiro atoms. The number of rotatable bonds is 2. The first-order valence-electron chi connectivity index (χ1n) is 5.22. The van der Waals surface area contributed by atoms with Crippen LogP contribution in [0.3, 0.4) is 0 Å². The van der Waals surface area contributed by atoms with Crippen molar-refractivity contribution in [2.45, 2.75) is 24.7 Å². The average Bonchev–Trinajstić information content (AvgIpc) is 2.59. The molecular weight excluding hydrogens is 200 g/mol. The zero-order chi connectivity index (χ0) is 10.8. The van der Waals surface area contributed by atoms with Crippen LogP contribution >= 0.6 is 11.8 Å². The van der Waals surface area contributed by atoms with Gasteiger partial charge >= 0.3 is 0 Å². The molecule has 0 atom stereocenters. The maximum Gasteiger partial charge on any atom is 0.0210 e. The monoisotopic (exact) mass is 216 g/mol. The minimum Gasteiger partial charge on any atom is -0.130 e. The van der Waals surface area contributed by atoms with Gasteiger partial charge in [-0.3, -0.25) is 0 Å². The molecule has 0 amide bonds. The molecule has 78 valence electrons. The summed E-state index contributed by atoms with van der Waals surface area (Å²) >= 11 is 1.79. The maximum absolute atomic E-state index is 2.34. The molecule has 0 saturated carbocycles. The second-order valence-electron chi connectivity index (χ2n) is 4.00. The summed E-state index contributed by atoms with van der Waals surface area (Å²) in [6.45, 7) is 4.37. The smallest absolute Gasteiger partial charge is 0.0210 e. The zero-order valence-corrected chi connectivity index (χ0v) is 10.3. The lowest BCUT2D eigenvalue weighted by molar-refractivity contribution is 1.09. The van der Waals surface area contributed by atoms with Crippen LogP contribution in [-0.4, -0.2) is 6.26 Å². The zero-order valence-electron chi connectivity index (χ0n) is 9.45. The van der Waals surface area contributed by atoms with Crippen molar-refractivity contribution in [2.75, 3.05) is 6.26 Å². The van der Waals surface area contributed by atoms with E-state index >= 15 is 0 Å². The highest BCUT2D eigenvalue weighted by Gasteiger charge is 2.12. The maximum atomic E-state index is 2.34. The van der Waals surface area contributed by atoms with Gasteiger partial charge in [-0.1, -0.05) is 35.4 Å². The fourth-order valence-corrected chi connectivity index (χ4v) is 2.28. The van der Waals surface area contributed by atoms with Crippen LogP contribution < -0.4 is 0 Å². The molecule has 1 aromatic rings. The Morgan fingerprint density at radius 2 is 1.47 bits per heavy atom. The highest BCUT2D eigenvalue weighted by molar-refractivity contribution is 7.98. The Morgan fingerprint density at radius 3 is 1.93 bits per heavy atom. The van der Waals surface area contributed by atoms with Gasteiger partial charge in [0.05, 0.1) is 0 Å². The molecule has 1 aliphatic carbocycles. The molecule has 0 nitrogen and oxygen atoms in total. The summed E-state index contributed by atoms with van der Waals surface area (Å²) in [5, 5.41) is 0. The molecule has 15 heavy (non-hydrogen) atoms. The van der Waals surface area contributed by atoms with E-state index in [9.17, 15) is 0 Å². The summed E-state index contributed by atoms with van der Waals surface area (Å²) in [4.78, 5) is 1.33. The normalized spacial score (nSPS) is 16.5. The van der Waals surface area contributed by atoms with Crippen molar-refractivity contribution in [3.8, 4) is 0 Å². The van der Waals surface area contributed by atoms with Gasteiger partial charge < -0.3 is 0 Å². The fourth-order valence-electron chi connectivity index (χ4n) is 1.87. The minimum absolute atomic E-state index is 0.487. The molecule has 0 unspecified atom stereocenters. The van der Waals surface area contributed by atoms with Crippen molar-refractivity contribution < 1.29 is 0 Å². The Kier molecular flexibility index (Phi) is 3.01. The van der Waals surface area contributed by atoms with E-state index in [0.29, 0.717) is 5.92 Å². The van der Waals surface area contributed by atoms with E-state index in [2.05, 4.69) is 56.5 Å². The highest BCUT2D eigenvalue weighted by atomic mass is 32.2. The summed E-state index contributed by atoms with van der Waals surface area (Å²) in [7, 11) is 0. The van der Waals surface area contributed by atoms with E-state index in [1.54, 1.807) is 11.8 Å². The van der Waals surface area contributed by atoms with Crippen LogP contribution in [0.25, 0.3) is 0 Å². The Bertz CT molecular complexity index is 391. The van der Waals surface area contributed by atoms with Crippen LogP contribution in [0, 0.1) is 0 Å². The largest absolute Gasteiger partial charge is 0.130 e. The van der Waals surface area contributed by atoms with Crippen LogP contribution in [0.1, 0.15) is 25.3 Å². The predicted octanol–water partition coefficient (Wildman–Crippen LogP) is 4.40. The lowest BCUT2D eigenvalue weighted by Crippen LogP contribution is -1.88. The number of benzene rings is 1. The molecule has 2 rings (SSSR count). The molecule has 1 aliphatic rings. The molecule has 0 fully saturated rings. The van der Waals surface area contributed by atoms with Gasteiger partial charge in [0.25, 0.3) is 0 Å². The first kappa shape index (κ1) is 10.6.